The first kappa shape index (κ1) is 15.6. The number of carboxylic acid groups (broad SMARTS) is 1. The Labute approximate surface area is 146 Å². The van der Waals surface area contributed by atoms with Gasteiger partial charge in [0.1, 0.15) is 5.82 Å². The van der Waals surface area contributed by atoms with Gasteiger partial charge >= 0.3 is 5.97 Å². The van der Waals surface area contributed by atoms with Crippen LogP contribution in [0.1, 0.15) is 21.7 Å². The summed E-state index contributed by atoms with van der Waals surface area (Å²) in [5.41, 5.74) is 7.42. The average molecular weight is 351 g/mol. The van der Waals surface area contributed by atoms with Crippen LogP contribution in [0.2, 0.25) is 0 Å². The number of aromatic nitrogens is 4. The molecule has 26 heavy (non-hydrogen) atoms. The maximum Gasteiger partial charge on any atom is 0.335 e. The third-order valence-electron chi connectivity index (χ3n) is 4.01. The van der Waals surface area contributed by atoms with E-state index in [1.54, 1.807) is 12.1 Å². The zero-order valence-corrected chi connectivity index (χ0v) is 13.3. The lowest BCUT2D eigenvalue weighted by molar-refractivity contribution is 0.0697. The SMILES string of the molecule is Nc1nc2c3ccc(C(=O)O)cc3nc(Cc3ccc(O)c(O)c3)n2n1. The highest BCUT2D eigenvalue weighted by molar-refractivity contribution is 5.97. The summed E-state index contributed by atoms with van der Waals surface area (Å²) >= 11 is 0. The van der Waals surface area contributed by atoms with Crippen molar-refractivity contribution in [3.05, 3.63) is 53.3 Å². The topological polar surface area (TPSA) is 147 Å². The molecule has 0 unspecified atom stereocenters. The van der Waals surface area contributed by atoms with Crippen molar-refractivity contribution in [1.82, 2.24) is 19.6 Å². The predicted molar refractivity (Wildman–Crippen MR) is 92.2 cm³/mol. The molecule has 130 valence electrons. The van der Waals surface area contributed by atoms with Gasteiger partial charge in [0, 0.05) is 11.8 Å². The highest BCUT2D eigenvalue weighted by atomic mass is 16.4. The number of benzene rings is 2. The molecule has 0 saturated carbocycles. The number of nitrogens with two attached hydrogens (primary N) is 1. The second kappa shape index (κ2) is 5.59. The molecule has 0 atom stereocenters. The van der Waals surface area contributed by atoms with Crippen LogP contribution in [0.3, 0.4) is 0 Å². The summed E-state index contributed by atoms with van der Waals surface area (Å²) in [6, 6.07) is 8.98. The van der Waals surface area contributed by atoms with Gasteiger partial charge < -0.3 is 21.1 Å². The van der Waals surface area contributed by atoms with Crippen LogP contribution in [0, 0.1) is 0 Å². The summed E-state index contributed by atoms with van der Waals surface area (Å²) < 4.78 is 1.49. The van der Waals surface area contributed by atoms with Crippen LogP contribution in [-0.2, 0) is 6.42 Å². The van der Waals surface area contributed by atoms with Gasteiger partial charge in [0.15, 0.2) is 17.1 Å². The standard InChI is InChI=1S/C17H13N5O4/c18-17-20-15-10-3-2-9(16(25)26)7-11(10)19-14(22(15)21-17)6-8-1-4-12(23)13(24)5-8/h1-5,7,23-24H,6H2,(H2,18,21)(H,25,26). The quantitative estimate of drug-likeness (QED) is 0.407. The Balaban J connectivity index is 1.93. The molecule has 4 aromatic rings. The zero-order valence-electron chi connectivity index (χ0n) is 13.3. The number of aromatic hydroxyl groups is 2. The molecule has 0 aliphatic rings. The Morgan fingerprint density at radius 3 is 2.62 bits per heavy atom. The molecule has 0 aliphatic heterocycles. The number of hydrogen-bond donors (Lipinski definition) is 4. The molecule has 0 radical (unpaired) electrons. The van der Waals surface area contributed by atoms with Gasteiger partial charge in [-0.25, -0.2) is 9.78 Å². The zero-order chi connectivity index (χ0) is 18.4. The normalized spacial score (nSPS) is 11.2. The van der Waals surface area contributed by atoms with Crippen molar-refractivity contribution < 1.29 is 20.1 Å². The van der Waals surface area contributed by atoms with Crippen LogP contribution in [0.5, 0.6) is 11.5 Å². The lowest BCUT2D eigenvalue weighted by atomic mass is 10.1. The van der Waals surface area contributed by atoms with Gasteiger partial charge in [0.25, 0.3) is 0 Å². The monoisotopic (exact) mass is 351 g/mol. The molecule has 0 spiro atoms. The van der Waals surface area contributed by atoms with E-state index < -0.39 is 5.97 Å². The van der Waals surface area contributed by atoms with Crippen molar-refractivity contribution >= 4 is 28.5 Å². The summed E-state index contributed by atoms with van der Waals surface area (Å²) in [6.07, 6.45) is 0.264. The molecule has 9 nitrogen and oxygen atoms in total. The fourth-order valence-corrected chi connectivity index (χ4v) is 2.79. The molecule has 2 aromatic heterocycles. The van der Waals surface area contributed by atoms with Gasteiger partial charge in [0.2, 0.25) is 5.95 Å². The number of nitrogen functional groups attached to an aromatic ring is 1. The number of aromatic carboxylic acids is 1. The third kappa shape index (κ3) is 2.51. The maximum atomic E-state index is 11.2. The summed E-state index contributed by atoms with van der Waals surface area (Å²) in [5, 5.41) is 33.1. The molecule has 0 saturated heterocycles. The smallest absolute Gasteiger partial charge is 0.335 e. The highest BCUT2D eigenvalue weighted by Crippen LogP contribution is 2.27. The lowest BCUT2D eigenvalue weighted by Gasteiger charge is -2.08. The van der Waals surface area contributed by atoms with E-state index >= 15 is 0 Å². The Morgan fingerprint density at radius 2 is 1.88 bits per heavy atom. The first-order valence-electron chi connectivity index (χ1n) is 7.61. The van der Waals surface area contributed by atoms with E-state index in [1.807, 2.05) is 0 Å². The van der Waals surface area contributed by atoms with Crippen molar-refractivity contribution in [2.75, 3.05) is 5.73 Å². The van der Waals surface area contributed by atoms with Gasteiger partial charge in [-0.1, -0.05) is 6.07 Å². The number of rotatable bonds is 3. The van der Waals surface area contributed by atoms with Gasteiger partial charge in [-0.05, 0) is 35.9 Å². The minimum atomic E-state index is -1.06. The van der Waals surface area contributed by atoms with Crippen LogP contribution in [0.25, 0.3) is 16.6 Å². The molecule has 0 fully saturated rings. The Kier molecular flexibility index (Phi) is 3.36. The van der Waals surface area contributed by atoms with Crippen molar-refractivity contribution in [3.63, 3.8) is 0 Å². The molecule has 0 amide bonds. The number of fused-ring (bicyclic) bond motifs is 3. The summed E-state index contributed by atoms with van der Waals surface area (Å²) in [4.78, 5) is 19.9. The minimum absolute atomic E-state index is 0.0661. The molecule has 5 N–H and O–H groups in total. The molecule has 0 aliphatic carbocycles. The van der Waals surface area contributed by atoms with Crippen LogP contribution in [0.15, 0.2) is 36.4 Å². The highest BCUT2D eigenvalue weighted by Gasteiger charge is 2.15. The van der Waals surface area contributed by atoms with Crippen molar-refractivity contribution in [1.29, 1.82) is 0 Å². The Hall–Kier alpha value is -3.88. The first-order valence-corrected chi connectivity index (χ1v) is 7.61. The van der Waals surface area contributed by atoms with Crippen LogP contribution in [0.4, 0.5) is 5.95 Å². The van der Waals surface area contributed by atoms with Gasteiger partial charge in [-0.2, -0.15) is 9.50 Å². The molecule has 4 rings (SSSR count). The fourth-order valence-electron chi connectivity index (χ4n) is 2.79. The number of carboxylic acids is 1. The van der Waals surface area contributed by atoms with E-state index in [4.69, 9.17) is 5.73 Å². The van der Waals surface area contributed by atoms with E-state index in [-0.39, 0.29) is 29.4 Å². The molecular formula is C17H13N5O4. The number of phenolic OH excluding ortho intramolecular Hbond substituents is 2. The van der Waals surface area contributed by atoms with E-state index in [0.717, 1.165) is 0 Å². The second-order valence-electron chi connectivity index (χ2n) is 5.77. The first-order chi connectivity index (χ1) is 12.4. The molecule has 0 bridgehead atoms. The average Bonchev–Trinajstić information content (AvgIpc) is 2.99. The minimum Gasteiger partial charge on any atom is -0.504 e. The Morgan fingerprint density at radius 1 is 1.08 bits per heavy atom. The van der Waals surface area contributed by atoms with Crippen molar-refractivity contribution in [3.8, 4) is 11.5 Å². The number of nitrogens with zero attached hydrogens (tertiary/aromatic N) is 4. The van der Waals surface area contributed by atoms with Crippen molar-refractivity contribution in [2.45, 2.75) is 6.42 Å². The number of carbonyl (C=O) groups is 1. The predicted octanol–water partition coefficient (Wildman–Crippen LogP) is 1.56. The van der Waals surface area contributed by atoms with Crippen LogP contribution >= 0.6 is 0 Å². The molecule has 9 heteroatoms. The van der Waals surface area contributed by atoms with Crippen LogP contribution in [-0.4, -0.2) is 40.9 Å². The maximum absolute atomic E-state index is 11.2. The summed E-state index contributed by atoms with van der Waals surface area (Å²) in [6.45, 7) is 0. The molecule has 2 aromatic carbocycles. The van der Waals surface area contributed by atoms with E-state index in [0.29, 0.717) is 27.9 Å². The second-order valence-corrected chi connectivity index (χ2v) is 5.77. The Bertz CT molecular complexity index is 1180. The summed E-state index contributed by atoms with van der Waals surface area (Å²) in [5.74, 6) is -0.993. The number of anilines is 1. The fraction of sp³-hybridized carbons (Fsp3) is 0.0588. The molecule has 2 heterocycles. The number of hydrogen-bond acceptors (Lipinski definition) is 7. The van der Waals surface area contributed by atoms with Crippen LogP contribution < -0.4 is 5.73 Å². The van der Waals surface area contributed by atoms with Gasteiger partial charge in [0.05, 0.1) is 11.1 Å². The number of phenols is 2. The van der Waals surface area contributed by atoms with E-state index in [2.05, 4.69) is 15.1 Å². The van der Waals surface area contributed by atoms with Gasteiger partial charge in [-0.15, -0.1) is 5.10 Å². The van der Waals surface area contributed by atoms with Gasteiger partial charge in [-0.3, -0.25) is 0 Å². The van der Waals surface area contributed by atoms with E-state index in [9.17, 15) is 20.1 Å². The third-order valence-corrected chi connectivity index (χ3v) is 4.01. The van der Waals surface area contributed by atoms with Crippen molar-refractivity contribution in [2.24, 2.45) is 0 Å². The summed E-state index contributed by atoms with van der Waals surface area (Å²) in [7, 11) is 0. The largest absolute Gasteiger partial charge is 0.504 e. The van der Waals surface area contributed by atoms with E-state index in [1.165, 1.54) is 28.8 Å². The lowest BCUT2D eigenvalue weighted by Crippen LogP contribution is -2.06. The molecular weight excluding hydrogens is 338 g/mol.